The Kier molecular flexibility index (Phi) is 10.8. The van der Waals surface area contributed by atoms with Gasteiger partial charge in [0.1, 0.15) is 16.4 Å². The lowest BCUT2D eigenvalue weighted by atomic mass is 10.0. The average Bonchev–Trinajstić information content (AvgIpc) is 2.74. The maximum atomic E-state index is 12.0. The van der Waals surface area contributed by atoms with E-state index in [9.17, 15) is 25.9 Å². The SMILES string of the molecule is CCCCCCCCCCCCc1cc(Oc2ccccc2)c(S(=O)(=O)O)c(S(=O)(=O)O)c1. The molecule has 0 aliphatic carbocycles. The number of hydrogen-bond acceptors (Lipinski definition) is 5. The molecule has 0 spiro atoms. The van der Waals surface area contributed by atoms with Crippen LogP contribution >= 0.6 is 0 Å². The third-order valence-electron chi connectivity index (χ3n) is 5.41. The van der Waals surface area contributed by atoms with E-state index < -0.39 is 30.0 Å². The van der Waals surface area contributed by atoms with Gasteiger partial charge < -0.3 is 4.74 Å². The van der Waals surface area contributed by atoms with E-state index in [-0.39, 0.29) is 11.5 Å². The van der Waals surface area contributed by atoms with Crippen LogP contribution in [0.25, 0.3) is 0 Å². The Morgan fingerprint density at radius 2 is 1.27 bits per heavy atom. The van der Waals surface area contributed by atoms with Gasteiger partial charge in [-0.25, -0.2) is 0 Å². The lowest BCUT2D eigenvalue weighted by Gasteiger charge is -2.15. The van der Waals surface area contributed by atoms with Crippen LogP contribution in [0.4, 0.5) is 0 Å². The van der Waals surface area contributed by atoms with Crippen LogP contribution in [-0.2, 0) is 26.7 Å². The van der Waals surface area contributed by atoms with Gasteiger partial charge in [0.05, 0.1) is 0 Å². The summed E-state index contributed by atoms with van der Waals surface area (Å²) in [6.45, 7) is 2.20. The van der Waals surface area contributed by atoms with Crippen molar-refractivity contribution < 1.29 is 30.7 Å². The highest BCUT2D eigenvalue weighted by Crippen LogP contribution is 2.36. The third-order valence-corrected chi connectivity index (χ3v) is 7.35. The average molecular weight is 499 g/mol. The maximum absolute atomic E-state index is 12.0. The van der Waals surface area contributed by atoms with Gasteiger partial charge in [0.15, 0.2) is 4.90 Å². The fourth-order valence-corrected chi connectivity index (χ4v) is 5.66. The molecule has 2 aromatic carbocycles. The van der Waals surface area contributed by atoms with Crippen LogP contribution in [0.15, 0.2) is 52.3 Å². The topological polar surface area (TPSA) is 118 Å². The molecular weight excluding hydrogens is 464 g/mol. The second kappa shape index (κ2) is 13.1. The molecule has 2 rings (SSSR count). The first-order chi connectivity index (χ1) is 15.6. The zero-order valence-corrected chi connectivity index (χ0v) is 20.7. The highest BCUT2D eigenvalue weighted by molar-refractivity contribution is 7.89. The molecule has 0 atom stereocenters. The highest BCUT2D eigenvalue weighted by Gasteiger charge is 2.30. The van der Waals surface area contributed by atoms with Gasteiger partial charge in [0.25, 0.3) is 20.2 Å². The molecule has 0 amide bonds. The molecule has 0 aliphatic rings. The largest absolute Gasteiger partial charge is 0.456 e. The zero-order chi connectivity index (χ0) is 24.3. The van der Waals surface area contributed by atoms with Crippen LogP contribution in [0.2, 0.25) is 0 Å². The number of aryl methyl sites for hydroxylation is 1. The Hall–Kier alpha value is -1.94. The van der Waals surface area contributed by atoms with Gasteiger partial charge >= 0.3 is 0 Å². The number of hydrogen-bond donors (Lipinski definition) is 2. The smallest absolute Gasteiger partial charge is 0.299 e. The summed E-state index contributed by atoms with van der Waals surface area (Å²) < 4.78 is 72.7. The summed E-state index contributed by atoms with van der Waals surface area (Å²) in [7, 11) is -9.92. The van der Waals surface area contributed by atoms with Crippen molar-refractivity contribution >= 4 is 20.2 Å². The van der Waals surface area contributed by atoms with Gasteiger partial charge in [-0.3, -0.25) is 9.11 Å². The van der Waals surface area contributed by atoms with Crippen LogP contribution in [0.5, 0.6) is 11.5 Å². The molecule has 0 bridgehead atoms. The van der Waals surface area contributed by atoms with Crippen LogP contribution in [0, 0.1) is 0 Å². The summed E-state index contributed by atoms with van der Waals surface area (Å²) in [5, 5.41) is 0. The molecule has 33 heavy (non-hydrogen) atoms. The minimum Gasteiger partial charge on any atom is -0.456 e. The van der Waals surface area contributed by atoms with Gasteiger partial charge in [-0.2, -0.15) is 16.8 Å². The summed E-state index contributed by atoms with van der Waals surface area (Å²) in [6, 6.07) is 10.7. The summed E-state index contributed by atoms with van der Waals surface area (Å²) in [5.74, 6) is -0.0827. The van der Waals surface area contributed by atoms with Gasteiger partial charge in [0.2, 0.25) is 0 Å². The molecule has 0 aromatic heterocycles. The van der Waals surface area contributed by atoms with Gasteiger partial charge in [-0.1, -0.05) is 82.9 Å². The van der Waals surface area contributed by atoms with E-state index >= 15 is 0 Å². The quantitative estimate of drug-likeness (QED) is 0.214. The highest BCUT2D eigenvalue weighted by atomic mass is 32.2. The van der Waals surface area contributed by atoms with Crippen LogP contribution < -0.4 is 4.74 Å². The van der Waals surface area contributed by atoms with E-state index in [1.807, 2.05) is 0 Å². The minimum atomic E-state index is -4.99. The second-order valence-corrected chi connectivity index (χ2v) is 11.0. The number of rotatable bonds is 15. The fraction of sp³-hybridized carbons (Fsp3) is 0.500. The first kappa shape index (κ1) is 27.3. The van der Waals surface area contributed by atoms with E-state index in [0.29, 0.717) is 12.0 Å². The van der Waals surface area contributed by atoms with Gasteiger partial charge in [-0.15, -0.1) is 0 Å². The molecule has 0 radical (unpaired) electrons. The molecule has 7 nitrogen and oxygen atoms in total. The van der Waals surface area contributed by atoms with Gasteiger partial charge in [-0.05, 0) is 42.7 Å². The Labute approximate surface area is 197 Å². The molecule has 0 saturated heterocycles. The van der Waals surface area contributed by atoms with Crippen molar-refractivity contribution in [3.05, 3.63) is 48.0 Å². The standard InChI is InChI=1S/C24H34O7S2/c1-2-3-4-5-6-7-8-9-10-12-15-20-18-22(31-21-16-13-11-14-17-21)24(33(28,29)30)23(19-20)32(25,26)27/h11,13-14,16-19H,2-10,12,15H2,1H3,(H,25,26,27)(H,28,29,30). The molecule has 0 fully saturated rings. The van der Waals surface area contributed by atoms with Crippen LogP contribution in [0.1, 0.15) is 76.7 Å². The molecule has 2 N–H and O–H groups in total. The summed E-state index contributed by atoms with van der Waals surface area (Å²) in [4.78, 5) is -1.86. The van der Waals surface area contributed by atoms with E-state index in [1.165, 1.54) is 44.6 Å². The molecule has 0 unspecified atom stereocenters. The Morgan fingerprint density at radius 1 is 0.727 bits per heavy atom. The third kappa shape index (κ3) is 9.44. The Bertz CT molecular complexity index is 1080. The number of unbranched alkanes of at least 4 members (excludes halogenated alkanes) is 9. The lowest BCUT2D eigenvalue weighted by molar-refractivity contribution is 0.436. The van der Waals surface area contributed by atoms with Crippen molar-refractivity contribution in [2.75, 3.05) is 0 Å². The van der Waals surface area contributed by atoms with Gasteiger partial charge in [0, 0.05) is 0 Å². The molecule has 0 saturated carbocycles. The first-order valence-electron chi connectivity index (χ1n) is 11.5. The van der Waals surface area contributed by atoms with Crippen LogP contribution in [0.3, 0.4) is 0 Å². The van der Waals surface area contributed by atoms with E-state index in [0.717, 1.165) is 31.7 Å². The summed E-state index contributed by atoms with van der Waals surface area (Å²) >= 11 is 0. The molecule has 9 heteroatoms. The minimum absolute atomic E-state index is 0.264. The van der Waals surface area contributed by atoms with E-state index in [4.69, 9.17) is 4.74 Å². The number of para-hydroxylation sites is 1. The molecular formula is C24H34O7S2. The van der Waals surface area contributed by atoms with E-state index in [2.05, 4.69) is 6.92 Å². The monoisotopic (exact) mass is 498 g/mol. The van der Waals surface area contributed by atoms with Crippen molar-refractivity contribution in [2.24, 2.45) is 0 Å². The summed E-state index contributed by atoms with van der Waals surface area (Å²) in [5.41, 5.74) is 0.500. The molecule has 184 valence electrons. The van der Waals surface area contributed by atoms with Crippen molar-refractivity contribution in [1.29, 1.82) is 0 Å². The van der Waals surface area contributed by atoms with Crippen LogP contribution in [-0.4, -0.2) is 25.9 Å². The first-order valence-corrected chi connectivity index (χ1v) is 14.4. The predicted molar refractivity (Wildman–Crippen MR) is 128 cm³/mol. The molecule has 0 heterocycles. The normalized spacial score (nSPS) is 12.1. The number of ether oxygens (including phenoxy) is 1. The van der Waals surface area contributed by atoms with E-state index in [1.54, 1.807) is 30.3 Å². The van der Waals surface area contributed by atoms with Crippen molar-refractivity contribution in [1.82, 2.24) is 0 Å². The van der Waals surface area contributed by atoms with Crippen molar-refractivity contribution in [3.8, 4) is 11.5 Å². The maximum Gasteiger partial charge on any atom is 0.299 e. The molecule has 2 aromatic rings. The fourth-order valence-electron chi connectivity index (χ4n) is 3.73. The second-order valence-electron chi connectivity index (χ2n) is 8.22. The number of benzene rings is 2. The zero-order valence-electron chi connectivity index (χ0n) is 19.1. The summed E-state index contributed by atoms with van der Waals surface area (Å²) in [6.07, 6.45) is 12.0. The predicted octanol–water partition coefficient (Wildman–Crippen LogP) is 6.44. The Balaban J connectivity index is 2.11. The van der Waals surface area contributed by atoms with Crippen molar-refractivity contribution in [3.63, 3.8) is 0 Å². The Morgan fingerprint density at radius 3 is 1.79 bits per heavy atom. The lowest BCUT2D eigenvalue weighted by Crippen LogP contribution is -2.11. The molecule has 0 aliphatic heterocycles. The van der Waals surface area contributed by atoms with Crippen molar-refractivity contribution in [2.45, 2.75) is 87.3 Å².